The zero-order valence-electron chi connectivity index (χ0n) is 6.59. The molecule has 1 aliphatic rings. The molecule has 1 atom stereocenters. The highest BCUT2D eigenvalue weighted by Crippen LogP contribution is 1.95. The van der Waals surface area contributed by atoms with Gasteiger partial charge in [0.15, 0.2) is 0 Å². The summed E-state index contributed by atoms with van der Waals surface area (Å²) < 4.78 is 4.81. The number of esters is 1. The highest BCUT2D eigenvalue weighted by atomic mass is 16.5. The summed E-state index contributed by atoms with van der Waals surface area (Å²) in [6.45, 7) is 4.79. The molecule has 0 aromatic heterocycles. The van der Waals surface area contributed by atoms with Gasteiger partial charge in [-0.2, -0.15) is 0 Å². The number of ether oxygens (including phenoxy) is 1. The van der Waals surface area contributed by atoms with Crippen molar-refractivity contribution in [3.05, 3.63) is 6.61 Å². The molecule has 0 amide bonds. The van der Waals surface area contributed by atoms with Gasteiger partial charge in [0.05, 0.1) is 0 Å². The van der Waals surface area contributed by atoms with Gasteiger partial charge in [-0.1, -0.05) is 6.92 Å². The smallest absolute Gasteiger partial charge is 0.324 e. The molecule has 0 saturated carbocycles. The number of carbonyl (C=O) groups is 1. The SMILES string of the molecule is CC[CH]OC(=O)C1CNCN1. The Hall–Kier alpha value is -0.610. The van der Waals surface area contributed by atoms with Crippen LogP contribution in [0.25, 0.3) is 0 Å². The number of carbonyl (C=O) groups excluding carboxylic acids is 1. The molecule has 1 rings (SSSR count). The fourth-order valence-corrected chi connectivity index (χ4v) is 0.898. The van der Waals surface area contributed by atoms with Crippen LogP contribution in [0.5, 0.6) is 0 Å². The quantitative estimate of drug-likeness (QED) is 0.548. The van der Waals surface area contributed by atoms with E-state index in [1.165, 1.54) is 6.61 Å². The van der Waals surface area contributed by atoms with Crippen molar-refractivity contribution in [1.29, 1.82) is 0 Å². The zero-order chi connectivity index (χ0) is 8.10. The van der Waals surface area contributed by atoms with Crippen molar-refractivity contribution in [2.24, 2.45) is 0 Å². The first-order valence-corrected chi connectivity index (χ1v) is 3.81. The van der Waals surface area contributed by atoms with Crippen molar-refractivity contribution >= 4 is 5.97 Å². The molecule has 4 nitrogen and oxygen atoms in total. The van der Waals surface area contributed by atoms with Crippen molar-refractivity contribution in [2.75, 3.05) is 13.2 Å². The minimum absolute atomic E-state index is 0.169. The monoisotopic (exact) mass is 157 g/mol. The van der Waals surface area contributed by atoms with Gasteiger partial charge in [-0.3, -0.25) is 10.1 Å². The third kappa shape index (κ3) is 2.48. The molecule has 11 heavy (non-hydrogen) atoms. The van der Waals surface area contributed by atoms with Crippen molar-refractivity contribution in [2.45, 2.75) is 19.4 Å². The Morgan fingerprint density at radius 1 is 1.82 bits per heavy atom. The van der Waals surface area contributed by atoms with Gasteiger partial charge in [-0.25, -0.2) is 0 Å². The molecular weight excluding hydrogens is 144 g/mol. The van der Waals surface area contributed by atoms with Crippen LogP contribution in [0, 0.1) is 6.61 Å². The molecule has 0 aromatic rings. The van der Waals surface area contributed by atoms with Crippen molar-refractivity contribution < 1.29 is 9.53 Å². The van der Waals surface area contributed by atoms with E-state index in [9.17, 15) is 4.79 Å². The maximum Gasteiger partial charge on any atom is 0.324 e. The lowest BCUT2D eigenvalue weighted by atomic mass is 10.3. The molecule has 63 valence electrons. The third-order valence-electron chi connectivity index (χ3n) is 1.47. The van der Waals surface area contributed by atoms with Gasteiger partial charge < -0.3 is 10.1 Å². The predicted octanol–water partition coefficient (Wildman–Crippen LogP) is -0.380. The molecule has 0 bridgehead atoms. The Balaban J connectivity index is 2.17. The van der Waals surface area contributed by atoms with Gasteiger partial charge in [0.2, 0.25) is 0 Å². The lowest BCUT2D eigenvalue weighted by molar-refractivity contribution is -0.142. The molecule has 1 aliphatic heterocycles. The molecule has 1 heterocycles. The molecule has 0 spiro atoms. The average molecular weight is 157 g/mol. The Morgan fingerprint density at radius 2 is 2.64 bits per heavy atom. The standard InChI is InChI=1S/C7H13N2O2/c1-2-3-11-7(10)6-4-8-5-9-6/h3,6,8-9H,2,4-5H2,1H3. The molecule has 0 aliphatic carbocycles. The van der Waals surface area contributed by atoms with E-state index >= 15 is 0 Å². The lowest BCUT2D eigenvalue weighted by Gasteiger charge is -2.07. The highest BCUT2D eigenvalue weighted by Gasteiger charge is 2.22. The third-order valence-corrected chi connectivity index (χ3v) is 1.47. The van der Waals surface area contributed by atoms with Crippen molar-refractivity contribution in [1.82, 2.24) is 10.6 Å². The van der Waals surface area contributed by atoms with Gasteiger partial charge in [-0.05, 0) is 6.42 Å². The van der Waals surface area contributed by atoms with E-state index < -0.39 is 0 Å². The molecule has 1 fully saturated rings. The maximum absolute atomic E-state index is 11.0. The van der Waals surface area contributed by atoms with Crippen LogP contribution in [-0.4, -0.2) is 25.2 Å². The molecule has 1 unspecified atom stereocenters. The number of hydrogen-bond acceptors (Lipinski definition) is 4. The van der Waals surface area contributed by atoms with Crippen LogP contribution in [0.2, 0.25) is 0 Å². The average Bonchev–Trinajstić information content (AvgIpc) is 2.52. The van der Waals surface area contributed by atoms with Gasteiger partial charge in [0.1, 0.15) is 12.6 Å². The topological polar surface area (TPSA) is 50.4 Å². The van der Waals surface area contributed by atoms with E-state index in [0.717, 1.165) is 6.42 Å². The molecular formula is C7H13N2O2. The van der Waals surface area contributed by atoms with Gasteiger partial charge in [-0.15, -0.1) is 0 Å². The van der Waals surface area contributed by atoms with Crippen LogP contribution in [0.15, 0.2) is 0 Å². The van der Waals surface area contributed by atoms with E-state index in [1.54, 1.807) is 0 Å². The summed E-state index contributed by atoms with van der Waals surface area (Å²) in [5.74, 6) is -0.197. The van der Waals surface area contributed by atoms with Gasteiger partial charge in [0.25, 0.3) is 0 Å². The van der Waals surface area contributed by atoms with Gasteiger partial charge in [0, 0.05) is 13.2 Å². The van der Waals surface area contributed by atoms with Crippen LogP contribution < -0.4 is 10.6 Å². The van der Waals surface area contributed by atoms with E-state index in [-0.39, 0.29) is 12.0 Å². The van der Waals surface area contributed by atoms with Gasteiger partial charge >= 0.3 is 5.97 Å². The lowest BCUT2D eigenvalue weighted by Crippen LogP contribution is -2.34. The van der Waals surface area contributed by atoms with E-state index in [1.807, 2.05) is 6.92 Å². The fourth-order valence-electron chi connectivity index (χ4n) is 0.898. The predicted molar refractivity (Wildman–Crippen MR) is 40.5 cm³/mol. The Bertz CT molecular complexity index is 132. The fraction of sp³-hybridized carbons (Fsp3) is 0.714. The minimum Gasteiger partial charge on any atom is -0.457 e. The first kappa shape index (κ1) is 8.49. The Kier molecular flexibility index (Phi) is 3.32. The summed E-state index contributed by atoms with van der Waals surface area (Å²) in [5.41, 5.74) is 0. The second-order valence-electron chi connectivity index (χ2n) is 2.40. The van der Waals surface area contributed by atoms with E-state index in [0.29, 0.717) is 13.2 Å². The number of nitrogens with one attached hydrogen (secondary N) is 2. The largest absolute Gasteiger partial charge is 0.457 e. The second-order valence-corrected chi connectivity index (χ2v) is 2.40. The van der Waals surface area contributed by atoms with Crippen molar-refractivity contribution in [3.8, 4) is 0 Å². The molecule has 4 heteroatoms. The van der Waals surface area contributed by atoms with Crippen LogP contribution in [0.3, 0.4) is 0 Å². The molecule has 2 N–H and O–H groups in total. The first-order chi connectivity index (χ1) is 5.34. The summed E-state index contributed by atoms with van der Waals surface area (Å²) in [7, 11) is 0. The number of rotatable bonds is 3. The minimum atomic E-state index is -0.197. The van der Waals surface area contributed by atoms with E-state index in [4.69, 9.17) is 4.74 Å². The van der Waals surface area contributed by atoms with Crippen LogP contribution in [0.1, 0.15) is 13.3 Å². The molecule has 1 radical (unpaired) electrons. The van der Waals surface area contributed by atoms with Crippen LogP contribution in [-0.2, 0) is 9.53 Å². The normalized spacial score (nSPS) is 23.5. The summed E-state index contributed by atoms with van der Waals surface area (Å²) in [6, 6.07) is -0.169. The highest BCUT2D eigenvalue weighted by molar-refractivity contribution is 5.76. The first-order valence-electron chi connectivity index (χ1n) is 3.81. The maximum atomic E-state index is 11.0. The second kappa shape index (κ2) is 4.31. The number of hydrogen-bond donors (Lipinski definition) is 2. The molecule has 0 aromatic carbocycles. The van der Waals surface area contributed by atoms with E-state index in [2.05, 4.69) is 10.6 Å². The molecule has 1 saturated heterocycles. The van der Waals surface area contributed by atoms with Crippen LogP contribution in [0.4, 0.5) is 0 Å². The summed E-state index contributed by atoms with van der Waals surface area (Å²) in [5, 5.41) is 5.96. The van der Waals surface area contributed by atoms with Crippen LogP contribution >= 0.6 is 0 Å². The Labute approximate surface area is 66.3 Å². The summed E-state index contributed by atoms with van der Waals surface area (Å²) in [4.78, 5) is 11.0. The Morgan fingerprint density at radius 3 is 3.18 bits per heavy atom. The van der Waals surface area contributed by atoms with Crippen molar-refractivity contribution in [3.63, 3.8) is 0 Å². The zero-order valence-corrected chi connectivity index (χ0v) is 6.59. The summed E-state index contributed by atoms with van der Waals surface area (Å²) >= 11 is 0. The summed E-state index contributed by atoms with van der Waals surface area (Å²) in [6.07, 6.45) is 0.756.